The van der Waals surface area contributed by atoms with Crippen molar-refractivity contribution in [2.75, 3.05) is 11.9 Å². The molecule has 0 aliphatic rings. The van der Waals surface area contributed by atoms with Gasteiger partial charge < -0.3 is 10.6 Å². The van der Waals surface area contributed by atoms with Crippen LogP contribution in [0.15, 0.2) is 49.1 Å². The Morgan fingerprint density at radius 2 is 2.05 bits per heavy atom. The Balaban J connectivity index is 1.94. The van der Waals surface area contributed by atoms with Gasteiger partial charge in [-0.1, -0.05) is 24.3 Å². The molecule has 5 nitrogen and oxygen atoms in total. The summed E-state index contributed by atoms with van der Waals surface area (Å²) in [4.78, 5) is 11.9. The highest BCUT2D eigenvalue weighted by Gasteiger charge is 2.09. The molecule has 108 valence electrons. The highest BCUT2D eigenvalue weighted by atomic mass is 19.1. The van der Waals surface area contributed by atoms with E-state index in [1.165, 1.54) is 6.07 Å². The highest BCUT2D eigenvalue weighted by molar-refractivity contribution is 5.92. The zero-order valence-corrected chi connectivity index (χ0v) is 11.3. The standard InChI is InChI=1S/C15H15FN4O/c1-2-9-17-14-8-7-13(19-20-14)15(21)18-10-11-5-3-4-6-12(11)16/h2-8H,1,9-10H2,(H,17,20)(H,18,21). The molecule has 0 radical (unpaired) electrons. The molecule has 0 unspecified atom stereocenters. The van der Waals surface area contributed by atoms with E-state index >= 15 is 0 Å². The van der Waals surface area contributed by atoms with Gasteiger partial charge in [0, 0.05) is 18.7 Å². The number of hydrogen-bond donors (Lipinski definition) is 2. The third-order valence-corrected chi connectivity index (χ3v) is 2.72. The molecule has 2 aromatic rings. The van der Waals surface area contributed by atoms with E-state index in [1.54, 1.807) is 36.4 Å². The number of halogens is 1. The van der Waals surface area contributed by atoms with Crippen LogP contribution in [0.25, 0.3) is 0 Å². The van der Waals surface area contributed by atoms with Crippen LogP contribution in [0.4, 0.5) is 10.2 Å². The fraction of sp³-hybridized carbons (Fsp3) is 0.133. The number of rotatable bonds is 6. The summed E-state index contributed by atoms with van der Waals surface area (Å²) in [5.41, 5.74) is 0.596. The van der Waals surface area contributed by atoms with Gasteiger partial charge in [-0.15, -0.1) is 16.8 Å². The number of amides is 1. The quantitative estimate of drug-likeness (QED) is 0.798. The SMILES string of the molecule is C=CCNc1ccc(C(=O)NCc2ccccc2F)nn1. The van der Waals surface area contributed by atoms with Crippen molar-refractivity contribution in [1.29, 1.82) is 0 Å². The smallest absolute Gasteiger partial charge is 0.272 e. The van der Waals surface area contributed by atoms with Crippen molar-refractivity contribution in [1.82, 2.24) is 15.5 Å². The maximum absolute atomic E-state index is 13.4. The van der Waals surface area contributed by atoms with Crippen LogP contribution in [0, 0.1) is 5.82 Å². The largest absolute Gasteiger partial charge is 0.365 e. The van der Waals surface area contributed by atoms with Crippen molar-refractivity contribution in [2.45, 2.75) is 6.54 Å². The molecule has 1 aromatic carbocycles. The Kier molecular flexibility index (Phi) is 4.98. The van der Waals surface area contributed by atoms with Crippen LogP contribution in [-0.4, -0.2) is 22.6 Å². The molecular formula is C15H15FN4O. The first-order valence-electron chi connectivity index (χ1n) is 6.41. The second kappa shape index (κ2) is 7.14. The van der Waals surface area contributed by atoms with E-state index in [0.29, 0.717) is 17.9 Å². The van der Waals surface area contributed by atoms with Crippen molar-refractivity contribution in [2.24, 2.45) is 0 Å². The molecule has 0 aliphatic carbocycles. The van der Waals surface area contributed by atoms with Crippen LogP contribution in [0.1, 0.15) is 16.1 Å². The van der Waals surface area contributed by atoms with Crippen LogP contribution in [0.2, 0.25) is 0 Å². The van der Waals surface area contributed by atoms with E-state index in [4.69, 9.17) is 0 Å². The molecule has 0 atom stereocenters. The Labute approximate surface area is 121 Å². The van der Waals surface area contributed by atoms with Crippen molar-refractivity contribution in [3.05, 3.63) is 66.1 Å². The Morgan fingerprint density at radius 1 is 1.24 bits per heavy atom. The van der Waals surface area contributed by atoms with E-state index in [2.05, 4.69) is 27.4 Å². The summed E-state index contributed by atoms with van der Waals surface area (Å²) < 4.78 is 13.4. The van der Waals surface area contributed by atoms with Gasteiger partial charge in [-0.25, -0.2) is 4.39 Å². The molecule has 1 amide bonds. The summed E-state index contributed by atoms with van der Waals surface area (Å²) in [5, 5.41) is 13.2. The summed E-state index contributed by atoms with van der Waals surface area (Å²) >= 11 is 0. The van der Waals surface area contributed by atoms with E-state index < -0.39 is 5.91 Å². The average molecular weight is 286 g/mol. The first-order chi connectivity index (χ1) is 10.2. The van der Waals surface area contributed by atoms with Gasteiger partial charge in [0.15, 0.2) is 5.69 Å². The van der Waals surface area contributed by atoms with Crippen LogP contribution < -0.4 is 10.6 Å². The molecule has 6 heteroatoms. The summed E-state index contributed by atoms with van der Waals surface area (Å²) in [7, 11) is 0. The second-order valence-corrected chi connectivity index (χ2v) is 4.25. The number of anilines is 1. The zero-order valence-electron chi connectivity index (χ0n) is 11.3. The Morgan fingerprint density at radius 3 is 2.71 bits per heavy atom. The van der Waals surface area contributed by atoms with Crippen molar-refractivity contribution in [3.8, 4) is 0 Å². The summed E-state index contributed by atoms with van der Waals surface area (Å²) in [5.74, 6) is -0.200. The third kappa shape index (κ3) is 4.10. The number of carbonyl (C=O) groups is 1. The number of nitrogens with one attached hydrogen (secondary N) is 2. The molecule has 0 spiro atoms. The maximum Gasteiger partial charge on any atom is 0.272 e. The molecule has 0 aliphatic heterocycles. The second-order valence-electron chi connectivity index (χ2n) is 4.25. The average Bonchev–Trinajstić information content (AvgIpc) is 2.52. The van der Waals surface area contributed by atoms with E-state index in [0.717, 1.165) is 0 Å². The lowest BCUT2D eigenvalue weighted by Crippen LogP contribution is -2.24. The van der Waals surface area contributed by atoms with Crippen LogP contribution >= 0.6 is 0 Å². The maximum atomic E-state index is 13.4. The minimum absolute atomic E-state index is 0.101. The van der Waals surface area contributed by atoms with Gasteiger partial charge >= 0.3 is 0 Å². The van der Waals surface area contributed by atoms with Gasteiger partial charge in [0.2, 0.25) is 0 Å². The number of nitrogens with zero attached hydrogens (tertiary/aromatic N) is 2. The van der Waals surface area contributed by atoms with Crippen molar-refractivity contribution < 1.29 is 9.18 Å². The predicted octanol–water partition coefficient (Wildman–Crippen LogP) is 2.14. The molecule has 0 saturated carbocycles. The first kappa shape index (κ1) is 14.6. The molecule has 0 fully saturated rings. The minimum Gasteiger partial charge on any atom is -0.365 e. The predicted molar refractivity (Wildman–Crippen MR) is 78.3 cm³/mol. The van der Waals surface area contributed by atoms with Crippen molar-refractivity contribution >= 4 is 11.7 Å². The van der Waals surface area contributed by atoms with E-state index in [1.807, 2.05) is 0 Å². The lowest BCUT2D eigenvalue weighted by molar-refractivity contribution is 0.0944. The van der Waals surface area contributed by atoms with Gasteiger partial charge in [0.1, 0.15) is 11.6 Å². The van der Waals surface area contributed by atoms with E-state index in [9.17, 15) is 9.18 Å². The topological polar surface area (TPSA) is 66.9 Å². The van der Waals surface area contributed by atoms with Crippen molar-refractivity contribution in [3.63, 3.8) is 0 Å². The first-order valence-corrected chi connectivity index (χ1v) is 6.41. The van der Waals surface area contributed by atoms with Crippen LogP contribution in [0.3, 0.4) is 0 Å². The number of carbonyl (C=O) groups excluding carboxylic acids is 1. The lowest BCUT2D eigenvalue weighted by atomic mass is 10.2. The van der Waals surface area contributed by atoms with Crippen LogP contribution in [0.5, 0.6) is 0 Å². The third-order valence-electron chi connectivity index (χ3n) is 2.72. The Hall–Kier alpha value is -2.76. The van der Waals surface area contributed by atoms with Gasteiger partial charge in [0.05, 0.1) is 0 Å². The van der Waals surface area contributed by atoms with Gasteiger partial charge in [-0.05, 0) is 18.2 Å². The zero-order chi connectivity index (χ0) is 15.1. The molecule has 1 aromatic heterocycles. The fourth-order valence-corrected chi connectivity index (χ4v) is 1.63. The molecule has 2 rings (SSSR count). The normalized spacial score (nSPS) is 9.95. The Bertz CT molecular complexity index is 628. The molecule has 1 heterocycles. The molecule has 21 heavy (non-hydrogen) atoms. The van der Waals surface area contributed by atoms with Gasteiger partial charge in [-0.3, -0.25) is 4.79 Å². The summed E-state index contributed by atoms with van der Waals surface area (Å²) in [6.45, 7) is 4.24. The van der Waals surface area contributed by atoms with Gasteiger partial charge in [-0.2, -0.15) is 0 Å². The molecule has 2 N–H and O–H groups in total. The summed E-state index contributed by atoms with van der Waals surface area (Å²) in [6.07, 6.45) is 1.69. The molecule has 0 saturated heterocycles. The fourth-order valence-electron chi connectivity index (χ4n) is 1.63. The number of benzene rings is 1. The van der Waals surface area contributed by atoms with Crippen LogP contribution in [-0.2, 0) is 6.54 Å². The minimum atomic E-state index is -0.402. The molecular weight excluding hydrogens is 271 g/mol. The van der Waals surface area contributed by atoms with E-state index in [-0.39, 0.29) is 18.1 Å². The monoisotopic (exact) mass is 286 g/mol. The van der Waals surface area contributed by atoms with Gasteiger partial charge in [0.25, 0.3) is 5.91 Å². The molecule has 0 bridgehead atoms. The number of aromatic nitrogens is 2. The highest BCUT2D eigenvalue weighted by Crippen LogP contribution is 2.06. The lowest BCUT2D eigenvalue weighted by Gasteiger charge is -2.06. The number of hydrogen-bond acceptors (Lipinski definition) is 4. The summed E-state index contributed by atoms with van der Waals surface area (Å²) in [6, 6.07) is 9.47.